The summed E-state index contributed by atoms with van der Waals surface area (Å²) in [7, 11) is 0. The van der Waals surface area contributed by atoms with E-state index >= 15 is 0 Å². The molecule has 1 heterocycles. The third-order valence-corrected chi connectivity index (χ3v) is 2.13. The molecule has 0 saturated carbocycles. The van der Waals surface area contributed by atoms with Crippen LogP contribution in [0.1, 0.15) is 12.5 Å². The summed E-state index contributed by atoms with van der Waals surface area (Å²) in [6.07, 6.45) is 3.35. The number of halogens is 1. The predicted octanol–water partition coefficient (Wildman–Crippen LogP) is 1.86. The lowest BCUT2D eigenvalue weighted by atomic mass is 10.3. The van der Waals surface area contributed by atoms with Crippen LogP contribution in [0.5, 0.6) is 0 Å². The minimum atomic E-state index is 0.548. The third kappa shape index (κ3) is 4.05. The maximum atomic E-state index is 5.91. The Balaban J connectivity index is 2.21. The van der Waals surface area contributed by atoms with Gasteiger partial charge in [-0.25, -0.2) is 0 Å². The number of aromatic nitrogens is 1. The van der Waals surface area contributed by atoms with Crippen LogP contribution in [0.15, 0.2) is 18.5 Å². The van der Waals surface area contributed by atoms with Crippen LogP contribution in [0.25, 0.3) is 0 Å². The first-order valence-electron chi connectivity index (χ1n) is 4.71. The second-order valence-corrected chi connectivity index (χ2v) is 3.28. The van der Waals surface area contributed by atoms with Gasteiger partial charge in [-0.05, 0) is 18.2 Å². The summed E-state index contributed by atoms with van der Waals surface area (Å²) in [6, 6.07) is 1.87. The summed E-state index contributed by atoms with van der Waals surface area (Å²) in [5, 5.41) is 3.84. The Labute approximate surface area is 89.4 Å². The minimum Gasteiger partial charge on any atom is -0.375 e. The van der Waals surface area contributed by atoms with Gasteiger partial charge in [0.1, 0.15) is 0 Å². The van der Waals surface area contributed by atoms with E-state index in [0.717, 1.165) is 18.7 Å². The van der Waals surface area contributed by atoms with Crippen molar-refractivity contribution < 1.29 is 4.74 Å². The van der Waals surface area contributed by atoms with Crippen molar-refractivity contribution in [3.63, 3.8) is 0 Å². The van der Waals surface area contributed by atoms with Crippen molar-refractivity contribution in [2.24, 2.45) is 0 Å². The maximum absolute atomic E-state index is 5.91. The molecular formula is C10H15ClN2O. The average molecular weight is 215 g/mol. The van der Waals surface area contributed by atoms with Gasteiger partial charge in [0.15, 0.2) is 0 Å². The second-order valence-electron chi connectivity index (χ2n) is 2.87. The highest BCUT2D eigenvalue weighted by atomic mass is 35.5. The molecule has 0 spiro atoms. The number of nitrogens with one attached hydrogen (secondary N) is 1. The first-order chi connectivity index (χ1) is 6.84. The van der Waals surface area contributed by atoms with Crippen molar-refractivity contribution in [2.75, 3.05) is 19.7 Å². The molecule has 0 fully saturated rings. The molecule has 0 aliphatic carbocycles. The zero-order chi connectivity index (χ0) is 10.2. The van der Waals surface area contributed by atoms with Gasteiger partial charge in [-0.2, -0.15) is 0 Å². The van der Waals surface area contributed by atoms with Gasteiger partial charge in [-0.15, -0.1) is 0 Å². The fraction of sp³-hybridized carbons (Fsp3) is 0.500. The third-order valence-electron chi connectivity index (χ3n) is 1.79. The molecule has 0 aromatic carbocycles. The molecule has 0 amide bonds. The lowest BCUT2D eigenvalue weighted by Crippen LogP contribution is -2.18. The molecule has 78 valence electrons. The molecule has 1 rings (SSSR count). The van der Waals surface area contributed by atoms with E-state index in [-0.39, 0.29) is 0 Å². The van der Waals surface area contributed by atoms with Crippen molar-refractivity contribution in [3.8, 4) is 0 Å². The fourth-order valence-corrected chi connectivity index (χ4v) is 1.20. The van der Waals surface area contributed by atoms with Gasteiger partial charge in [0.2, 0.25) is 0 Å². The summed E-state index contributed by atoms with van der Waals surface area (Å²) in [5.41, 5.74) is 0.984. The monoisotopic (exact) mass is 214 g/mol. The van der Waals surface area contributed by atoms with Crippen molar-refractivity contribution in [2.45, 2.75) is 13.5 Å². The van der Waals surface area contributed by atoms with Gasteiger partial charge in [0.05, 0.1) is 18.2 Å². The maximum Gasteiger partial charge on any atom is 0.0733 e. The molecule has 1 N–H and O–H groups in total. The van der Waals surface area contributed by atoms with Crippen LogP contribution in [-0.4, -0.2) is 24.7 Å². The van der Waals surface area contributed by atoms with Gasteiger partial charge in [0.25, 0.3) is 0 Å². The van der Waals surface area contributed by atoms with Crippen LogP contribution in [0, 0.1) is 0 Å². The Bertz CT molecular complexity index is 268. The second kappa shape index (κ2) is 6.76. The van der Waals surface area contributed by atoms with E-state index in [1.807, 2.05) is 6.07 Å². The molecular weight excluding hydrogens is 200 g/mol. The molecule has 1 aromatic rings. The number of hydrogen-bond donors (Lipinski definition) is 1. The lowest BCUT2D eigenvalue weighted by Gasteiger charge is -2.05. The molecule has 0 unspecified atom stereocenters. The quantitative estimate of drug-likeness (QED) is 0.735. The van der Waals surface area contributed by atoms with Crippen LogP contribution < -0.4 is 5.32 Å². The highest BCUT2D eigenvalue weighted by molar-refractivity contribution is 6.31. The van der Waals surface area contributed by atoms with Gasteiger partial charge >= 0.3 is 0 Å². The average Bonchev–Trinajstić information content (AvgIpc) is 2.20. The molecule has 4 heteroatoms. The van der Waals surface area contributed by atoms with Crippen LogP contribution in [0.3, 0.4) is 0 Å². The topological polar surface area (TPSA) is 34.1 Å². The smallest absolute Gasteiger partial charge is 0.0733 e. The van der Waals surface area contributed by atoms with Crippen LogP contribution >= 0.6 is 11.6 Å². The number of ether oxygens (including phenoxy) is 1. The molecule has 3 nitrogen and oxygen atoms in total. The molecule has 14 heavy (non-hydrogen) atoms. The van der Waals surface area contributed by atoms with Gasteiger partial charge in [0, 0.05) is 18.9 Å². The van der Waals surface area contributed by atoms with Crippen molar-refractivity contribution >= 4 is 11.6 Å². The summed E-state index contributed by atoms with van der Waals surface area (Å²) in [4.78, 5) is 3.90. The Morgan fingerprint density at radius 1 is 1.57 bits per heavy atom. The molecule has 0 radical (unpaired) electrons. The van der Waals surface area contributed by atoms with Crippen molar-refractivity contribution in [1.82, 2.24) is 10.3 Å². The largest absolute Gasteiger partial charge is 0.375 e. The van der Waals surface area contributed by atoms with Gasteiger partial charge in [-0.3, -0.25) is 4.98 Å². The Hall–Kier alpha value is -0.640. The van der Waals surface area contributed by atoms with E-state index in [1.165, 1.54) is 0 Å². The number of likely N-dealkylation sites (N-methyl/N-ethyl adjacent to an activating group) is 1. The lowest BCUT2D eigenvalue weighted by molar-refractivity contribution is 0.123. The van der Waals surface area contributed by atoms with Crippen LogP contribution in [-0.2, 0) is 11.3 Å². The molecule has 0 saturated heterocycles. The first kappa shape index (κ1) is 11.4. The number of nitrogens with zero attached hydrogens (tertiary/aromatic N) is 1. The van der Waals surface area contributed by atoms with Crippen molar-refractivity contribution in [1.29, 1.82) is 0 Å². The Morgan fingerprint density at radius 2 is 2.43 bits per heavy atom. The zero-order valence-electron chi connectivity index (χ0n) is 8.29. The molecule has 0 atom stereocenters. The van der Waals surface area contributed by atoms with E-state index < -0.39 is 0 Å². The van der Waals surface area contributed by atoms with Gasteiger partial charge in [-0.1, -0.05) is 18.5 Å². The number of pyridine rings is 1. The van der Waals surface area contributed by atoms with Crippen molar-refractivity contribution in [3.05, 3.63) is 29.0 Å². The standard InChI is InChI=1S/C10H15ClN2O/c1-2-12-5-6-14-8-9-3-4-13-7-10(9)11/h3-4,7,12H,2,5-6,8H2,1H3. The van der Waals surface area contributed by atoms with E-state index in [4.69, 9.17) is 16.3 Å². The highest BCUT2D eigenvalue weighted by Gasteiger charge is 1.98. The molecule has 1 aromatic heterocycles. The Morgan fingerprint density at radius 3 is 3.14 bits per heavy atom. The molecule has 0 aliphatic heterocycles. The minimum absolute atomic E-state index is 0.548. The summed E-state index contributed by atoms with van der Waals surface area (Å²) >= 11 is 5.91. The van der Waals surface area contributed by atoms with Crippen LogP contribution in [0.2, 0.25) is 5.02 Å². The van der Waals surface area contributed by atoms with E-state index in [2.05, 4.69) is 17.2 Å². The van der Waals surface area contributed by atoms with E-state index in [9.17, 15) is 0 Å². The van der Waals surface area contributed by atoms with Gasteiger partial charge < -0.3 is 10.1 Å². The Kier molecular flexibility index (Phi) is 5.52. The first-order valence-corrected chi connectivity index (χ1v) is 5.09. The van der Waals surface area contributed by atoms with E-state index in [0.29, 0.717) is 18.2 Å². The van der Waals surface area contributed by atoms with Crippen LogP contribution in [0.4, 0.5) is 0 Å². The predicted molar refractivity (Wildman–Crippen MR) is 57.4 cm³/mol. The summed E-state index contributed by atoms with van der Waals surface area (Å²) < 4.78 is 5.43. The normalized spacial score (nSPS) is 10.4. The number of rotatable bonds is 6. The fourth-order valence-electron chi connectivity index (χ4n) is 1.02. The highest BCUT2D eigenvalue weighted by Crippen LogP contribution is 2.13. The summed E-state index contributed by atoms with van der Waals surface area (Å²) in [6.45, 7) is 5.16. The number of hydrogen-bond acceptors (Lipinski definition) is 3. The summed E-state index contributed by atoms with van der Waals surface area (Å²) in [5.74, 6) is 0. The van der Waals surface area contributed by atoms with E-state index in [1.54, 1.807) is 12.4 Å². The molecule has 0 aliphatic rings. The SMILES string of the molecule is CCNCCOCc1ccncc1Cl. The zero-order valence-corrected chi connectivity index (χ0v) is 9.05. The molecule has 0 bridgehead atoms.